The third-order valence-electron chi connectivity index (χ3n) is 3.58. The second-order valence-electron chi connectivity index (χ2n) is 5.91. The predicted octanol–water partition coefficient (Wildman–Crippen LogP) is 2.80. The zero-order valence-electron chi connectivity index (χ0n) is 13.3. The summed E-state index contributed by atoms with van der Waals surface area (Å²) < 4.78 is 0. The molecule has 1 amide bonds. The van der Waals surface area contributed by atoms with Crippen LogP contribution in [0.1, 0.15) is 43.0 Å². The van der Waals surface area contributed by atoms with Crippen molar-refractivity contribution in [1.29, 1.82) is 0 Å². The van der Waals surface area contributed by atoms with Gasteiger partial charge >= 0.3 is 0 Å². The van der Waals surface area contributed by atoms with Crippen molar-refractivity contribution in [2.45, 2.75) is 38.6 Å². The van der Waals surface area contributed by atoms with Crippen molar-refractivity contribution in [2.75, 3.05) is 6.54 Å². The van der Waals surface area contributed by atoms with Crippen molar-refractivity contribution in [2.24, 2.45) is 5.73 Å². The average Bonchev–Trinajstić information content (AvgIpc) is 2.97. The zero-order valence-corrected chi connectivity index (χ0v) is 14.1. The van der Waals surface area contributed by atoms with Gasteiger partial charge < -0.3 is 11.1 Å². The lowest BCUT2D eigenvalue weighted by atomic mass is 9.92. The lowest BCUT2D eigenvalue weighted by Crippen LogP contribution is -2.49. The molecule has 0 spiro atoms. The Morgan fingerprint density at radius 3 is 2.64 bits per heavy atom. The maximum absolute atomic E-state index is 12.3. The minimum absolute atomic E-state index is 0.169. The van der Waals surface area contributed by atoms with Gasteiger partial charge in [-0.05, 0) is 12.5 Å². The fraction of sp³-hybridized carbons (Fsp3) is 0.412. The lowest BCUT2D eigenvalue weighted by Gasteiger charge is -2.24. The fourth-order valence-corrected chi connectivity index (χ4v) is 2.98. The Labute approximate surface area is 135 Å². The Bertz CT molecular complexity index is 620. The first-order valence-corrected chi connectivity index (χ1v) is 8.36. The molecule has 5 heteroatoms. The molecule has 0 saturated heterocycles. The molecule has 1 heterocycles. The van der Waals surface area contributed by atoms with Crippen LogP contribution in [0.4, 0.5) is 0 Å². The molecule has 118 valence electrons. The number of amides is 1. The number of nitrogens with one attached hydrogen (secondary N) is 1. The molecular weight excluding hydrogens is 294 g/mol. The van der Waals surface area contributed by atoms with Crippen LogP contribution in [0.25, 0.3) is 0 Å². The molecular formula is C17H23N3OS. The summed E-state index contributed by atoms with van der Waals surface area (Å²) in [5.41, 5.74) is 6.99. The molecule has 2 rings (SSSR count). The molecule has 0 saturated carbocycles. The molecule has 0 aliphatic heterocycles. The number of hydrogen-bond donors (Lipinski definition) is 2. The second kappa shape index (κ2) is 7.03. The number of aromatic nitrogens is 1. The van der Waals surface area contributed by atoms with Gasteiger partial charge in [0.15, 0.2) is 0 Å². The molecule has 3 N–H and O–H groups in total. The number of hydrogen-bond acceptors (Lipinski definition) is 4. The van der Waals surface area contributed by atoms with Crippen LogP contribution in [0.3, 0.4) is 0 Å². The van der Waals surface area contributed by atoms with Crippen LogP contribution in [-0.4, -0.2) is 17.4 Å². The molecule has 4 nitrogen and oxygen atoms in total. The van der Waals surface area contributed by atoms with Crippen molar-refractivity contribution in [1.82, 2.24) is 10.3 Å². The van der Waals surface area contributed by atoms with E-state index in [1.54, 1.807) is 18.3 Å². The largest absolute Gasteiger partial charge is 0.354 e. The zero-order chi connectivity index (χ0) is 16.2. The van der Waals surface area contributed by atoms with Gasteiger partial charge in [0, 0.05) is 24.3 Å². The SMILES string of the molecule is CC(C)c1nc(CCNC(=O)C(C)(N)c2ccccc2)cs1. The van der Waals surface area contributed by atoms with E-state index >= 15 is 0 Å². The first-order valence-electron chi connectivity index (χ1n) is 7.48. The highest BCUT2D eigenvalue weighted by Crippen LogP contribution is 2.20. The Morgan fingerprint density at radius 1 is 1.36 bits per heavy atom. The van der Waals surface area contributed by atoms with Gasteiger partial charge in [0.25, 0.3) is 0 Å². The Morgan fingerprint density at radius 2 is 2.05 bits per heavy atom. The van der Waals surface area contributed by atoms with E-state index in [0.29, 0.717) is 12.5 Å². The molecule has 1 aromatic heterocycles. The summed E-state index contributed by atoms with van der Waals surface area (Å²) in [5.74, 6) is 0.275. The van der Waals surface area contributed by atoms with Crippen LogP contribution < -0.4 is 11.1 Å². The Hall–Kier alpha value is -1.72. The smallest absolute Gasteiger partial charge is 0.244 e. The summed E-state index contributed by atoms with van der Waals surface area (Å²) in [5, 5.41) is 6.10. The number of thiazole rings is 1. The van der Waals surface area contributed by atoms with Crippen LogP contribution in [-0.2, 0) is 16.8 Å². The van der Waals surface area contributed by atoms with E-state index in [0.717, 1.165) is 22.7 Å². The second-order valence-corrected chi connectivity index (χ2v) is 6.80. The quantitative estimate of drug-likeness (QED) is 0.861. The molecule has 1 unspecified atom stereocenters. The minimum Gasteiger partial charge on any atom is -0.354 e. The van der Waals surface area contributed by atoms with E-state index in [4.69, 9.17) is 5.73 Å². The molecule has 0 bridgehead atoms. The van der Waals surface area contributed by atoms with Crippen LogP contribution >= 0.6 is 11.3 Å². The number of rotatable bonds is 6. The number of carbonyl (C=O) groups excluding carboxylic acids is 1. The van der Waals surface area contributed by atoms with Crippen LogP contribution in [0.2, 0.25) is 0 Å². The van der Waals surface area contributed by atoms with E-state index in [1.807, 2.05) is 30.3 Å². The normalized spacial score (nSPS) is 13.9. The van der Waals surface area contributed by atoms with Gasteiger partial charge in [-0.2, -0.15) is 0 Å². The highest BCUT2D eigenvalue weighted by atomic mass is 32.1. The molecule has 2 aromatic rings. The summed E-state index contributed by atoms with van der Waals surface area (Å²) in [6.45, 7) is 6.53. The summed E-state index contributed by atoms with van der Waals surface area (Å²) in [6, 6.07) is 9.42. The summed E-state index contributed by atoms with van der Waals surface area (Å²) in [7, 11) is 0. The predicted molar refractivity (Wildman–Crippen MR) is 90.9 cm³/mol. The number of benzene rings is 1. The van der Waals surface area contributed by atoms with Crippen molar-refractivity contribution in [3.63, 3.8) is 0 Å². The highest BCUT2D eigenvalue weighted by molar-refractivity contribution is 7.09. The van der Waals surface area contributed by atoms with E-state index in [9.17, 15) is 4.79 Å². The summed E-state index contributed by atoms with van der Waals surface area (Å²) in [6.07, 6.45) is 0.722. The molecule has 0 radical (unpaired) electrons. The third-order valence-corrected chi connectivity index (χ3v) is 4.77. The maximum Gasteiger partial charge on any atom is 0.244 e. The van der Waals surface area contributed by atoms with E-state index in [-0.39, 0.29) is 5.91 Å². The Balaban J connectivity index is 1.89. The van der Waals surface area contributed by atoms with Gasteiger partial charge in [-0.25, -0.2) is 4.98 Å². The van der Waals surface area contributed by atoms with Crippen LogP contribution in [0.5, 0.6) is 0 Å². The average molecular weight is 317 g/mol. The third kappa shape index (κ3) is 3.93. The topological polar surface area (TPSA) is 68.0 Å². The monoisotopic (exact) mass is 317 g/mol. The van der Waals surface area contributed by atoms with Gasteiger partial charge in [0.1, 0.15) is 5.54 Å². The standard InChI is InChI=1S/C17H23N3OS/c1-12(2)15-20-14(11-22-15)9-10-19-16(21)17(3,18)13-7-5-4-6-8-13/h4-8,11-12H,9-10,18H2,1-3H3,(H,19,21). The fourth-order valence-electron chi connectivity index (χ4n) is 2.11. The van der Waals surface area contributed by atoms with Crippen molar-refractivity contribution < 1.29 is 4.79 Å². The lowest BCUT2D eigenvalue weighted by molar-refractivity contribution is -0.126. The van der Waals surface area contributed by atoms with E-state index in [2.05, 4.69) is 29.5 Å². The van der Waals surface area contributed by atoms with Crippen LogP contribution in [0, 0.1) is 0 Å². The number of nitrogens with two attached hydrogens (primary N) is 1. The van der Waals surface area contributed by atoms with Gasteiger partial charge in [-0.15, -0.1) is 11.3 Å². The Kier molecular flexibility index (Phi) is 5.32. The van der Waals surface area contributed by atoms with E-state index < -0.39 is 5.54 Å². The summed E-state index contributed by atoms with van der Waals surface area (Å²) in [4.78, 5) is 16.9. The first-order chi connectivity index (χ1) is 10.4. The van der Waals surface area contributed by atoms with Crippen molar-refractivity contribution in [3.8, 4) is 0 Å². The van der Waals surface area contributed by atoms with Gasteiger partial charge in [0.05, 0.1) is 10.7 Å². The van der Waals surface area contributed by atoms with Crippen molar-refractivity contribution >= 4 is 17.2 Å². The van der Waals surface area contributed by atoms with Crippen LogP contribution in [0.15, 0.2) is 35.7 Å². The first kappa shape index (κ1) is 16.6. The maximum atomic E-state index is 12.3. The molecule has 22 heavy (non-hydrogen) atoms. The number of carbonyl (C=O) groups is 1. The van der Waals surface area contributed by atoms with Gasteiger partial charge in [-0.1, -0.05) is 44.2 Å². The summed E-state index contributed by atoms with van der Waals surface area (Å²) >= 11 is 1.67. The van der Waals surface area contributed by atoms with Crippen molar-refractivity contribution in [3.05, 3.63) is 52.0 Å². The van der Waals surface area contributed by atoms with Gasteiger partial charge in [0.2, 0.25) is 5.91 Å². The number of nitrogens with zero attached hydrogens (tertiary/aromatic N) is 1. The van der Waals surface area contributed by atoms with Gasteiger partial charge in [-0.3, -0.25) is 4.79 Å². The molecule has 0 fully saturated rings. The molecule has 0 aliphatic carbocycles. The molecule has 0 aliphatic rings. The molecule has 1 atom stereocenters. The molecule has 1 aromatic carbocycles. The highest BCUT2D eigenvalue weighted by Gasteiger charge is 2.29. The minimum atomic E-state index is -1.02. The van der Waals surface area contributed by atoms with E-state index in [1.165, 1.54) is 0 Å².